The number of aliphatic hydroxyl groups is 2. The molecule has 254 valence electrons. The fraction of sp³-hybridized carbons (Fsp3) is 0.906. The zero-order valence-electron chi connectivity index (χ0n) is 27.3. The van der Waals surface area contributed by atoms with Gasteiger partial charge in [0.15, 0.2) is 0 Å². The largest absolute Gasteiger partial charge is 0.405 e. The summed E-state index contributed by atoms with van der Waals surface area (Å²) < 4.78 is 29.2. The van der Waals surface area contributed by atoms with Crippen molar-refractivity contribution in [1.82, 2.24) is 9.65 Å². The summed E-state index contributed by atoms with van der Waals surface area (Å²) in [5.74, 6) is 4.07. The Bertz CT molecular complexity index is 739. The van der Waals surface area contributed by atoms with Gasteiger partial charge in [-0.3, -0.25) is 9.05 Å². The Morgan fingerprint density at radius 1 is 0.674 bits per heavy atom. The van der Waals surface area contributed by atoms with Crippen LogP contribution in [0.1, 0.15) is 116 Å². The molecule has 0 aliphatic carbocycles. The SMILES string of the molecule is C[n+]1ccn(CCNP(=O)(OCCCCCCCCCCCSCCO)OCCCCCCCCCCCSCCO)c1. The average molecular weight is 667 g/mol. The Labute approximate surface area is 272 Å². The number of imidazole rings is 1. The third-order valence-corrected chi connectivity index (χ3v) is 11.1. The van der Waals surface area contributed by atoms with E-state index in [9.17, 15) is 4.57 Å². The highest BCUT2D eigenvalue weighted by molar-refractivity contribution is 7.99. The summed E-state index contributed by atoms with van der Waals surface area (Å²) >= 11 is 3.70. The maximum Gasteiger partial charge on any atom is 0.405 e. The number of aliphatic hydroxyl groups excluding tert-OH is 2. The van der Waals surface area contributed by atoms with Crippen LogP contribution in [0.25, 0.3) is 0 Å². The van der Waals surface area contributed by atoms with Crippen molar-refractivity contribution in [3.8, 4) is 0 Å². The van der Waals surface area contributed by atoms with Crippen molar-refractivity contribution in [2.45, 2.75) is 122 Å². The predicted molar refractivity (Wildman–Crippen MR) is 185 cm³/mol. The minimum absolute atomic E-state index is 0.291. The molecule has 1 rings (SSSR count). The van der Waals surface area contributed by atoms with Crippen LogP contribution in [0.4, 0.5) is 0 Å². The number of aryl methyl sites for hydroxylation is 1. The quantitative estimate of drug-likeness (QED) is 0.0395. The van der Waals surface area contributed by atoms with Crippen LogP contribution in [0.3, 0.4) is 0 Å². The monoisotopic (exact) mass is 666 g/mol. The third-order valence-electron chi connectivity index (χ3n) is 7.36. The van der Waals surface area contributed by atoms with Gasteiger partial charge in [-0.1, -0.05) is 89.9 Å². The standard InChI is InChI=1S/C32H65N3O5PS2/c1-34-22-23-35(32-34)21-20-33-41(38,39-26-16-12-8-4-2-6-10-14-18-28-42-30-24-36)40-27-17-13-9-5-3-7-11-15-19-29-43-31-25-37/h22-23,32,36-37H,2-21,24-31H2,1H3,(H,33,38)/q+1. The van der Waals surface area contributed by atoms with Gasteiger partial charge in [0.25, 0.3) is 0 Å². The lowest BCUT2D eigenvalue weighted by Crippen LogP contribution is -2.25. The first-order valence-corrected chi connectivity index (χ1v) is 21.0. The van der Waals surface area contributed by atoms with Gasteiger partial charge in [0, 0.05) is 18.1 Å². The molecule has 3 N–H and O–H groups in total. The number of aromatic nitrogens is 2. The molecule has 43 heavy (non-hydrogen) atoms. The minimum atomic E-state index is -3.32. The van der Waals surface area contributed by atoms with Gasteiger partial charge < -0.3 is 10.2 Å². The molecule has 0 saturated heterocycles. The van der Waals surface area contributed by atoms with Gasteiger partial charge in [-0.05, 0) is 37.2 Å². The molecule has 0 aliphatic rings. The number of hydrogen-bond donors (Lipinski definition) is 3. The van der Waals surface area contributed by atoms with Gasteiger partial charge in [-0.2, -0.15) is 23.5 Å². The summed E-state index contributed by atoms with van der Waals surface area (Å²) in [7, 11) is -1.33. The summed E-state index contributed by atoms with van der Waals surface area (Å²) in [5, 5.41) is 20.7. The molecule has 0 radical (unpaired) electrons. The number of thioether (sulfide) groups is 2. The first-order valence-electron chi connectivity index (χ1n) is 17.1. The molecule has 0 amide bonds. The Morgan fingerprint density at radius 3 is 1.49 bits per heavy atom. The Kier molecular flexibility index (Phi) is 29.1. The lowest BCUT2D eigenvalue weighted by molar-refractivity contribution is -0.671. The van der Waals surface area contributed by atoms with Crippen molar-refractivity contribution >= 4 is 31.3 Å². The molecule has 1 heterocycles. The smallest absolute Gasteiger partial charge is 0.396 e. The number of rotatable bonds is 34. The van der Waals surface area contributed by atoms with Crippen molar-refractivity contribution in [3.63, 3.8) is 0 Å². The Hall–Kier alpha value is -0.0600. The zero-order valence-corrected chi connectivity index (χ0v) is 29.8. The van der Waals surface area contributed by atoms with E-state index in [1.54, 1.807) is 0 Å². The van der Waals surface area contributed by atoms with E-state index in [1.807, 2.05) is 53.9 Å². The van der Waals surface area contributed by atoms with E-state index in [1.165, 1.54) is 101 Å². The molecule has 1 aromatic heterocycles. The van der Waals surface area contributed by atoms with E-state index in [-0.39, 0.29) is 0 Å². The molecule has 8 nitrogen and oxygen atoms in total. The molecule has 0 aromatic carbocycles. The molecule has 0 unspecified atom stereocenters. The van der Waals surface area contributed by atoms with Crippen molar-refractivity contribution in [3.05, 3.63) is 18.7 Å². The van der Waals surface area contributed by atoms with E-state index in [0.29, 0.717) is 39.5 Å². The van der Waals surface area contributed by atoms with E-state index in [2.05, 4.69) is 9.65 Å². The summed E-state index contributed by atoms with van der Waals surface area (Å²) in [6.07, 6.45) is 27.8. The van der Waals surface area contributed by atoms with Crippen LogP contribution in [0.15, 0.2) is 18.7 Å². The molecule has 0 fully saturated rings. The van der Waals surface area contributed by atoms with Crippen LogP contribution in [0.5, 0.6) is 0 Å². The fourth-order valence-corrected chi connectivity index (χ4v) is 7.72. The second-order valence-electron chi connectivity index (χ2n) is 11.4. The van der Waals surface area contributed by atoms with Gasteiger partial charge >= 0.3 is 7.75 Å². The Balaban J connectivity index is 2.14. The van der Waals surface area contributed by atoms with Gasteiger partial charge in [0.2, 0.25) is 6.33 Å². The van der Waals surface area contributed by atoms with Crippen molar-refractivity contribution in [2.24, 2.45) is 7.05 Å². The number of hydrogen-bond acceptors (Lipinski definition) is 7. The molecule has 1 aromatic rings. The van der Waals surface area contributed by atoms with E-state index in [0.717, 1.165) is 37.2 Å². The normalized spacial score (nSPS) is 12.0. The average Bonchev–Trinajstić information content (AvgIpc) is 3.42. The topological polar surface area (TPSA) is 96.8 Å². The molecule has 0 bridgehead atoms. The van der Waals surface area contributed by atoms with Gasteiger partial charge in [0.05, 0.1) is 33.5 Å². The summed E-state index contributed by atoms with van der Waals surface area (Å²) in [5.41, 5.74) is 0. The zero-order chi connectivity index (χ0) is 31.1. The molecular weight excluding hydrogens is 601 g/mol. The second-order valence-corrected chi connectivity index (χ2v) is 15.7. The molecule has 0 atom stereocenters. The lowest BCUT2D eigenvalue weighted by atomic mass is 10.1. The van der Waals surface area contributed by atoms with Crippen LogP contribution in [-0.4, -0.2) is 70.8 Å². The van der Waals surface area contributed by atoms with Crippen LogP contribution in [-0.2, 0) is 27.2 Å². The summed E-state index contributed by atoms with van der Waals surface area (Å²) in [6, 6.07) is 0. The van der Waals surface area contributed by atoms with Crippen molar-refractivity contribution in [2.75, 3.05) is 56.0 Å². The van der Waals surface area contributed by atoms with Gasteiger partial charge in [0.1, 0.15) is 18.9 Å². The summed E-state index contributed by atoms with van der Waals surface area (Å²) in [4.78, 5) is 0. The van der Waals surface area contributed by atoms with Crippen molar-refractivity contribution in [1.29, 1.82) is 0 Å². The van der Waals surface area contributed by atoms with E-state index in [4.69, 9.17) is 19.3 Å². The molecule has 0 spiro atoms. The molecule has 0 aliphatic heterocycles. The highest BCUT2D eigenvalue weighted by atomic mass is 32.2. The number of unbranched alkanes of at least 4 members (excludes halogenated alkanes) is 16. The van der Waals surface area contributed by atoms with Crippen LogP contribution < -0.4 is 9.65 Å². The fourth-order valence-electron chi connectivity index (χ4n) is 4.87. The highest BCUT2D eigenvalue weighted by Crippen LogP contribution is 2.44. The second kappa shape index (κ2) is 30.6. The minimum Gasteiger partial charge on any atom is -0.396 e. The van der Waals surface area contributed by atoms with E-state index < -0.39 is 7.75 Å². The van der Waals surface area contributed by atoms with Gasteiger partial charge in [-0.15, -0.1) is 0 Å². The van der Waals surface area contributed by atoms with Crippen molar-refractivity contribution < 1.29 is 28.4 Å². The van der Waals surface area contributed by atoms with Crippen LogP contribution in [0, 0.1) is 0 Å². The highest BCUT2D eigenvalue weighted by Gasteiger charge is 2.24. The first-order chi connectivity index (χ1) is 21.1. The maximum atomic E-state index is 13.4. The van der Waals surface area contributed by atoms with Crippen LogP contribution in [0.2, 0.25) is 0 Å². The number of nitrogens with one attached hydrogen (secondary N) is 1. The van der Waals surface area contributed by atoms with Crippen LogP contribution >= 0.6 is 31.3 Å². The number of nitrogens with zero attached hydrogens (tertiary/aromatic N) is 2. The van der Waals surface area contributed by atoms with Gasteiger partial charge in [-0.25, -0.2) is 18.8 Å². The molecular formula is C32H65N3O5PS2+. The first kappa shape index (κ1) is 41.0. The third kappa shape index (κ3) is 26.8. The summed E-state index contributed by atoms with van der Waals surface area (Å²) in [6.45, 7) is 2.76. The lowest BCUT2D eigenvalue weighted by Gasteiger charge is -2.19. The maximum absolute atomic E-state index is 13.4. The molecule has 0 saturated carbocycles. The molecule has 11 heteroatoms. The predicted octanol–water partition coefficient (Wildman–Crippen LogP) is 7.52. The van der Waals surface area contributed by atoms with E-state index >= 15 is 0 Å². The Morgan fingerprint density at radius 2 is 1.09 bits per heavy atom.